The van der Waals surface area contributed by atoms with Crippen LogP contribution in [0.3, 0.4) is 0 Å². The van der Waals surface area contributed by atoms with Gasteiger partial charge in [0.2, 0.25) is 0 Å². The normalized spacial score (nSPS) is 10.4. The van der Waals surface area contributed by atoms with Gasteiger partial charge in [-0.05, 0) is 46.6 Å². The van der Waals surface area contributed by atoms with Crippen molar-refractivity contribution in [2.75, 3.05) is 5.32 Å². The largest absolute Gasteiger partial charge is 0.334 e. The van der Waals surface area contributed by atoms with Crippen molar-refractivity contribution in [3.63, 3.8) is 0 Å². The molecule has 0 atom stereocenters. The number of para-hydroxylation sites is 1. The number of aryl methyl sites for hydroxylation is 1. The zero-order chi connectivity index (χ0) is 12.4. The summed E-state index contributed by atoms with van der Waals surface area (Å²) in [6.07, 6.45) is 1.57. The average molecular weight is 299 g/mol. The molecule has 0 radical (unpaired) electrons. The van der Waals surface area contributed by atoms with Gasteiger partial charge in [0.1, 0.15) is 23.1 Å². The lowest BCUT2D eigenvalue weighted by molar-refractivity contribution is 0.590. The van der Waals surface area contributed by atoms with Crippen molar-refractivity contribution in [1.82, 2.24) is 4.98 Å². The molecule has 1 heterocycles. The number of aromatic nitrogens is 1. The SMILES string of the molecule is Cc1ccnc(Nc2c(F)cccc2F)c1Br. The average Bonchev–Trinajstić information content (AvgIpc) is 2.29. The van der Waals surface area contributed by atoms with Crippen LogP contribution in [-0.4, -0.2) is 4.98 Å². The molecule has 0 saturated heterocycles. The van der Waals surface area contributed by atoms with Gasteiger partial charge in [0.25, 0.3) is 0 Å². The third-order valence-corrected chi connectivity index (χ3v) is 3.29. The highest BCUT2D eigenvalue weighted by atomic mass is 79.9. The second-order valence-corrected chi connectivity index (χ2v) is 4.31. The predicted molar refractivity (Wildman–Crippen MR) is 66.3 cm³/mol. The van der Waals surface area contributed by atoms with E-state index in [-0.39, 0.29) is 5.69 Å². The van der Waals surface area contributed by atoms with E-state index < -0.39 is 11.6 Å². The van der Waals surface area contributed by atoms with E-state index in [0.29, 0.717) is 10.3 Å². The number of hydrogen-bond donors (Lipinski definition) is 1. The first-order chi connectivity index (χ1) is 8.09. The monoisotopic (exact) mass is 298 g/mol. The van der Waals surface area contributed by atoms with Crippen molar-refractivity contribution in [3.05, 3.63) is 52.1 Å². The number of anilines is 2. The van der Waals surface area contributed by atoms with Gasteiger partial charge >= 0.3 is 0 Å². The van der Waals surface area contributed by atoms with Gasteiger partial charge in [-0.2, -0.15) is 0 Å². The first-order valence-corrected chi connectivity index (χ1v) is 5.71. The second kappa shape index (κ2) is 4.79. The van der Waals surface area contributed by atoms with E-state index in [1.165, 1.54) is 18.2 Å². The lowest BCUT2D eigenvalue weighted by Crippen LogP contribution is -2.00. The van der Waals surface area contributed by atoms with E-state index >= 15 is 0 Å². The summed E-state index contributed by atoms with van der Waals surface area (Å²) in [6, 6.07) is 5.49. The van der Waals surface area contributed by atoms with Crippen molar-refractivity contribution in [2.24, 2.45) is 0 Å². The molecule has 88 valence electrons. The van der Waals surface area contributed by atoms with E-state index in [1.54, 1.807) is 12.3 Å². The van der Waals surface area contributed by atoms with Crippen molar-refractivity contribution in [1.29, 1.82) is 0 Å². The molecule has 0 aliphatic rings. The standard InChI is InChI=1S/C12H9BrF2N2/c1-7-5-6-16-12(10(7)13)17-11-8(14)3-2-4-9(11)15/h2-6H,1H3,(H,16,17). The molecule has 0 spiro atoms. The summed E-state index contributed by atoms with van der Waals surface area (Å²) >= 11 is 3.32. The summed E-state index contributed by atoms with van der Waals surface area (Å²) in [5.41, 5.74) is 0.727. The molecule has 0 fully saturated rings. The molecule has 1 aromatic carbocycles. The first-order valence-electron chi connectivity index (χ1n) is 4.91. The van der Waals surface area contributed by atoms with Crippen molar-refractivity contribution >= 4 is 27.4 Å². The van der Waals surface area contributed by atoms with Gasteiger partial charge < -0.3 is 5.32 Å². The zero-order valence-electron chi connectivity index (χ0n) is 8.97. The number of hydrogen-bond acceptors (Lipinski definition) is 2. The Morgan fingerprint density at radius 2 is 1.82 bits per heavy atom. The maximum absolute atomic E-state index is 13.4. The Morgan fingerprint density at radius 1 is 1.18 bits per heavy atom. The highest BCUT2D eigenvalue weighted by Gasteiger charge is 2.11. The Morgan fingerprint density at radius 3 is 2.47 bits per heavy atom. The van der Waals surface area contributed by atoms with E-state index in [9.17, 15) is 8.78 Å². The van der Waals surface area contributed by atoms with Crippen LogP contribution in [0.1, 0.15) is 5.56 Å². The molecule has 0 amide bonds. The fourth-order valence-electron chi connectivity index (χ4n) is 1.36. The third kappa shape index (κ3) is 2.44. The van der Waals surface area contributed by atoms with Gasteiger partial charge in [0, 0.05) is 6.20 Å². The van der Waals surface area contributed by atoms with Crippen LogP contribution in [0.15, 0.2) is 34.9 Å². The van der Waals surface area contributed by atoms with E-state index in [2.05, 4.69) is 26.2 Å². The maximum Gasteiger partial charge on any atom is 0.149 e. The van der Waals surface area contributed by atoms with Crippen LogP contribution in [0, 0.1) is 18.6 Å². The Bertz CT molecular complexity index is 538. The molecule has 1 N–H and O–H groups in total. The molecule has 0 aliphatic carbocycles. The minimum absolute atomic E-state index is 0.202. The fraction of sp³-hybridized carbons (Fsp3) is 0.0833. The van der Waals surface area contributed by atoms with Crippen LogP contribution in [0.2, 0.25) is 0 Å². The molecule has 1 aromatic heterocycles. The van der Waals surface area contributed by atoms with Crippen LogP contribution in [0.4, 0.5) is 20.3 Å². The van der Waals surface area contributed by atoms with Crippen LogP contribution in [0.25, 0.3) is 0 Å². The molecular weight excluding hydrogens is 290 g/mol. The summed E-state index contributed by atoms with van der Waals surface area (Å²) in [7, 11) is 0. The van der Waals surface area contributed by atoms with E-state index in [1.807, 2.05) is 6.92 Å². The van der Waals surface area contributed by atoms with Gasteiger partial charge in [-0.25, -0.2) is 13.8 Å². The van der Waals surface area contributed by atoms with Gasteiger partial charge in [0.15, 0.2) is 0 Å². The molecule has 0 bridgehead atoms. The summed E-state index contributed by atoms with van der Waals surface area (Å²) < 4.78 is 27.5. The van der Waals surface area contributed by atoms with Crippen LogP contribution < -0.4 is 5.32 Å². The lowest BCUT2D eigenvalue weighted by Gasteiger charge is -2.10. The predicted octanol–water partition coefficient (Wildman–Crippen LogP) is 4.17. The molecule has 5 heteroatoms. The number of halogens is 3. The Hall–Kier alpha value is -1.49. The quantitative estimate of drug-likeness (QED) is 0.900. The number of nitrogens with one attached hydrogen (secondary N) is 1. The summed E-state index contributed by atoms with van der Waals surface area (Å²) in [5.74, 6) is -0.922. The van der Waals surface area contributed by atoms with Gasteiger partial charge in [-0.1, -0.05) is 6.07 Å². The molecular formula is C12H9BrF2N2. The van der Waals surface area contributed by atoms with Crippen LogP contribution in [-0.2, 0) is 0 Å². The van der Waals surface area contributed by atoms with E-state index in [4.69, 9.17) is 0 Å². The topological polar surface area (TPSA) is 24.9 Å². The Kier molecular flexibility index (Phi) is 3.38. The first kappa shape index (κ1) is 12.0. The highest BCUT2D eigenvalue weighted by molar-refractivity contribution is 9.10. The number of benzene rings is 1. The maximum atomic E-state index is 13.4. The molecule has 0 aliphatic heterocycles. The Balaban J connectivity index is 2.42. The number of nitrogens with zero attached hydrogens (tertiary/aromatic N) is 1. The van der Waals surface area contributed by atoms with E-state index in [0.717, 1.165) is 5.56 Å². The fourth-order valence-corrected chi connectivity index (χ4v) is 1.70. The Labute approximate surface area is 106 Å². The second-order valence-electron chi connectivity index (χ2n) is 3.51. The van der Waals surface area contributed by atoms with Crippen molar-refractivity contribution < 1.29 is 8.78 Å². The molecule has 17 heavy (non-hydrogen) atoms. The van der Waals surface area contributed by atoms with Gasteiger partial charge in [-0.3, -0.25) is 0 Å². The zero-order valence-corrected chi connectivity index (χ0v) is 10.6. The smallest absolute Gasteiger partial charge is 0.149 e. The molecule has 2 aromatic rings. The minimum Gasteiger partial charge on any atom is -0.334 e. The molecule has 2 nitrogen and oxygen atoms in total. The van der Waals surface area contributed by atoms with Crippen LogP contribution >= 0.6 is 15.9 Å². The number of rotatable bonds is 2. The lowest BCUT2D eigenvalue weighted by atomic mass is 10.2. The van der Waals surface area contributed by atoms with Gasteiger partial charge in [-0.15, -0.1) is 0 Å². The van der Waals surface area contributed by atoms with Crippen LogP contribution in [0.5, 0.6) is 0 Å². The molecule has 0 unspecified atom stereocenters. The highest BCUT2D eigenvalue weighted by Crippen LogP contribution is 2.28. The third-order valence-electron chi connectivity index (χ3n) is 2.29. The summed E-state index contributed by atoms with van der Waals surface area (Å²) in [5, 5.41) is 2.64. The minimum atomic E-state index is -0.653. The van der Waals surface area contributed by atoms with Crippen molar-refractivity contribution in [2.45, 2.75) is 6.92 Å². The number of pyridine rings is 1. The van der Waals surface area contributed by atoms with Crippen molar-refractivity contribution in [3.8, 4) is 0 Å². The summed E-state index contributed by atoms with van der Waals surface area (Å²) in [6.45, 7) is 1.87. The van der Waals surface area contributed by atoms with Gasteiger partial charge in [0.05, 0.1) is 4.47 Å². The molecule has 0 saturated carbocycles. The molecule has 2 rings (SSSR count). The summed E-state index contributed by atoms with van der Waals surface area (Å²) in [4.78, 5) is 4.03.